The summed E-state index contributed by atoms with van der Waals surface area (Å²) < 4.78 is 7.13. The lowest BCUT2D eigenvalue weighted by Crippen LogP contribution is -2.33. The highest BCUT2D eigenvalue weighted by Gasteiger charge is 2.38. The second-order valence-corrected chi connectivity index (χ2v) is 20.3. The van der Waals surface area contributed by atoms with Crippen LogP contribution in [-0.4, -0.2) is 28.7 Å². The van der Waals surface area contributed by atoms with Crippen LogP contribution in [0, 0.1) is 0 Å². The number of hydrogen-bond acceptors (Lipinski definition) is 3. The molecule has 0 radical (unpaired) electrons. The Balaban J connectivity index is 1.08. The van der Waals surface area contributed by atoms with E-state index in [2.05, 4.69) is 229 Å². The minimum absolute atomic E-state index is 0.00168. The van der Waals surface area contributed by atoms with Crippen molar-refractivity contribution in [1.29, 1.82) is 0 Å². The van der Waals surface area contributed by atoms with E-state index in [4.69, 9.17) is 15.0 Å². The first-order valence-corrected chi connectivity index (χ1v) is 24.2. The maximum absolute atomic E-state index is 5.52. The zero-order valence-corrected chi connectivity index (χ0v) is 39.1. The highest BCUT2D eigenvalue weighted by Crippen LogP contribution is 2.51. The molecule has 9 aromatic carbocycles. The SMILES string of the molecule is CC1(C)CCC(C)(C)c2cc3c(cc21)c1c2c4c5ccccc5ccc4n(-c4ccccc4)c2ccc1n3-c1nc(-c2ccccc2)nc(-c2ccc(-n3c4ccccc4c4ccccc43)cc2)n1. The van der Waals surface area contributed by atoms with Gasteiger partial charge in [-0.1, -0.05) is 143 Å². The summed E-state index contributed by atoms with van der Waals surface area (Å²) in [4.78, 5) is 16.2. The molecule has 13 aromatic rings. The lowest BCUT2D eigenvalue weighted by molar-refractivity contribution is 0.332. The quantitative estimate of drug-likeness (QED) is 0.173. The van der Waals surface area contributed by atoms with Crippen molar-refractivity contribution in [3.8, 4) is 40.1 Å². The van der Waals surface area contributed by atoms with Crippen LogP contribution in [0.25, 0.3) is 116 Å². The monoisotopic (exact) mass is 888 g/mol. The maximum atomic E-state index is 5.52. The summed E-state index contributed by atoms with van der Waals surface area (Å²) in [7, 11) is 0. The van der Waals surface area contributed by atoms with Crippen LogP contribution in [-0.2, 0) is 10.8 Å². The largest absolute Gasteiger partial charge is 0.309 e. The zero-order chi connectivity index (χ0) is 46.2. The summed E-state index contributed by atoms with van der Waals surface area (Å²) in [6.45, 7) is 9.67. The number of fused-ring (bicyclic) bond motifs is 13. The van der Waals surface area contributed by atoms with Gasteiger partial charge in [0.25, 0.3) is 0 Å². The van der Waals surface area contributed by atoms with Crippen LogP contribution in [0.5, 0.6) is 0 Å². The predicted molar refractivity (Wildman–Crippen MR) is 287 cm³/mol. The molecule has 1 aliphatic rings. The second-order valence-electron chi connectivity index (χ2n) is 20.3. The van der Waals surface area contributed by atoms with Gasteiger partial charge in [0.05, 0.1) is 33.1 Å². The first kappa shape index (κ1) is 39.8. The van der Waals surface area contributed by atoms with Gasteiger partial charge in [0.1, 0.15) is 0 Å². The van der Waals surface area contributed by atoms with E-state index in [1.165, 1.54) is 76.3 Å². The van der Waals surface area contributed by atoms with E-state index >= 15 is 0 Å². The summed E-state index contributed by atoms with van der Waals surface area (Å²) in [6, 6.07) is 70.2. The van der Waals surface area contributed by atoms with E-state index in [0.717, 1.165) is 46.4 Å². The Hall–Kier alpha value is -8.35. The average molecular weight is 889 g/mol. The van der Waals surface area contributed by atoms with E-state index in [0.29, 0.717) is 17.6 Å². The van der Waals surface area contributed by atoms with Gasteiger partial charge in [-0.2, -0.15) is 9.97 Å². The molecule has 0 atom stereocenters. The molecule has 0 spiro atoms. The highest BCUT2D eigenvalue weighted by atomic mass is 15.2. The summed E-state index contributed by atoms with van der Waals surface area (Å²) in [5, 5.41) is 9.83. The van der Waals surface area contributed by atoms with E-state index < -0.39 is 0 Å². The van der Waals surface area contributed by atoms with Crippen molar-refractivity contribution < 1.29 is 0 Å². The number of rotatable bonds is 5. The van der Waals surface area contributed by atoms with Crippen LogP contribution in [0.2, 0.25) is 0 Å². The molecule has 0 bridgehead atoms. The third-order valence-corrected chi connectivity index (χ3v) is 15.4. The number of hydrogen-bond donors (Lipinski definition) is 0. The molecule has 14 rings (SSSR count). The van der Waals surface area contributed by atoms with Crippen LogP contribution < -0.4 is 0 Å². The minimum Gasteiger partial charge on any atom is -0.309 e. The van der Waals surface area contributed by atoms with Gasteiger partial charge in [0.2, 0.25) is 5.95 Å². The average Bonchev–Trinajstić information content (AvgIpc) is 4.03. The molecule has 6 nitrogen and oxygen atoms in total. The fraction of sp³-hybridized carbons (Fsp3) is 0.127. The molecule has 0 fully saturated rings. The Morgan fingerprint density at radius 3 is 1.49 bits per heavy atom. The van der Waals surface area contributed by atoms with Gasteiger partial charge < -0.3 is 9.13 Å². The molecule has 0 N–H and O–H groups in total. The normalized spacial score (nSPS) is 14.5. The molecule has 4 heterocycles. The summed E-state index contributed by atoms with van der Waals surface area (Å²) >= 11 is 0. The molecule has 69 heavy (non-hydrogen) atoms. The van der Waals surface area contributed by atoms with E-state index in [9.17, 15) is 0 Å². The second kappa shape index (κ2) is 14.6. The third-order valence-electron chi connectivity index (χ3n) is 15.4. The molecule has 4 aromatic heterocycles. The predicted octanol–water partition coefficient (Wildman–Crippen LogP) is 16.0. The highest BCUT2D eigenvalue weighted by molar-refractivity contribution is 6.33. The van der Waals surface area contributed by atoms with Crippen molar-refractivity contribution in [1.82, 2.24) is 28.7 Å². The van der Waals surface area contributed by atoms with Gasteiger partial charge in [-0.15, -0.1) is 0 Å². The molecule has 1 aliphatic carbocycles. The fourth-order valence-corrected chi connectivity index (χ4v) is 11.8. The zero-order valence-electron chi connectivity index (χ0n) is 39.1. The van der Waals surface area contributed by atoms with Crippen molar-refractivity contribution in [3.63, 3.8) is 0 Å². The molecule has 0 saturated carbocycles. The summed E-state index contributed by atoms with van der Waals surface area (Å²) in [5.41, 5.74) is 13.7. The molecule has 0 saturated heterocycles. The van der Waals surface area contributed by atoms with Gasteiger partial charge in [0.15, 0.2) is 11.6 Å². The third kappa shape index (κ3) is 5.88. The smallest absolute Gasteiger partial charge is 0.238 e. The van der Waals surface area contributed by atoms with Crippen LogP contribution in [0.1, 0.15) is 51.7 Å². The molecule has 0 amide bonds. The lowest BCUT2D eigenvalue weighted by atomic mass is 9.63. The number of para-hydroxylation sites is 3. The van der Waals surface area contributed by atoms with Crippen LogP contribution in [0.15, 0.2) is 194 Å². The van der Waals surface area contributed by atoms with Gasteiger partial charge in [-0.05, 0) is 124 Å². The van der Waals surface area contributed by atoms with Crippen molar-refractivity contribution in [3.05, 3.63) is 205 Å². The lowest BCUT2D eigenvalue weighted by Gasteiger charge is -2.42. The maximum Gasteiger partial charge on any atom is 0.238 e. The van der Waals surface area contributed by atoms with Crippen LogP contribution in [0.3, 0.4) is 0 Å². The fourth-order valence-electron chi connectivity index (χ4n) is 11.8. The minimum atomic E-state index is -0.0211. The molecular formula is C63H48N6. The number of benzene rings is 9. The van der Waals surface area contributed by atoms with Crippen LogP contribution in [0.4, 0.5) is 0 Å². The first-order valence-electron chi connectivity index (χ1n) is 24.2. The van der Waals surface area contributed by atoms with Crippen LogP contribution >= 0.6 is 0 Å². The number of aromatic nitrogens is 6. The molecule has 6 heteroatoms. The molecular weight excluding hydrogens is 841 g/mol. The Labute approximate surface area is 399 Å². The topological polar surface area (TPSA) is 53.5 Å². The summed E-state index contributed by atoms with van der Waals surface area (Å²) in [6.07, 6.45) is 2.23. The molecule has 330 valence electrons. The summed E-state index contributed by atoms with van der Waals surface area (Å²) in [5.74, 6) is 1.84. The molecule has 0 unspecified atom stereocenters. The first-order chi connectivity index (χ1) is 33.7. The van der Waals surface area contributed by atoms with Crippen molar-refractivity contribution in [2.75, 3.05) is 0 Å². The van der Waals surface area contributed by atoms with Gasteiger partial charge in [0, 0.05) is 54.8 Å². The van der Waals surface area contributed by atoms with E-state index in [1.807, 2.05) is 6.07 Å². The Morgan fingerprint density at radius 1 is 0.348 bits per heavy atom. The Kier molecular flexibility index (Phi) is 8.40. The van der Waals surface area contributed by atoms with Gasteiger partial charge >= 0.3 is 0 Å². The van der Waals surface area contributed by atoms with Crippen molar-refractivity contribution >= 4 is 76.2 Å². The Morgan fingerprint density at radius 2 is 0.826 bits per heavy atom. The van der Waals surface area contributed by atoms with Gasteiger partial charge in [-0.3, -0.25) is 4.57 Å². The standard InChI is InChI=1S/C63H48N6/c1-62(2)35-36-63(3,4)49-38-55-47(37-48(49)62)57-53(33-34-54-58(57)56-44-22-12-11-17-39(44)29-32-52(56)68(54)42-20-9-6-10-21-42)69(55)61-65-59(40-18-7-5-8-19-40)64-60(66-61)41-27-30-43(31-28-41)67-50-25-15-13-23-45(50)46-24-14-16-26-51(46)67/h5-34,37-38H,35-36H2,1-4H3. The van der Waals surface area contributed by atoms with Gasteiger partial charge in [-0.25, -0.2) is 4.98 Å². The van der Waals surface area contributed by atoms with Crippen molar-refractivity contribution in [2.24, 2.45) is 0 Å². The Bertz CT molecular complexity index is 4170. The number of nitrogens with zero attached hydrogens (tertiary/aromatic N) is 6. The van der Waals surface area contributed by atoms with E-state index in [-0.39, 0.29) is 10.8 Å². The van der Waals surface area contributed by atoms with Crippen molar-refractivity contribution in [2.45, 2.75) is 51.4 Å². The van der Waals surface area contributed by atoms with E-state index in [1.54, 1.807) is 0 Å². The molecule has 0 aliphatic heterocycles.